The van der Waals surface area contributed by atoms with E-state index >= 15 is 0 Å². The van der Waals surface area contributed by atoms with Crippen molar-refractivity contribution in [1.82, 2.24) is 14.8 Å². The van der Waals surface area contributed by atoms with Crippen LogP contribution < -0.4 is 19.3 Å². The second kappa shape index (κ2) is 9.96. The number of hydrogen-bond acceptors (Lipinski definition) is 6. The molecule has 0 aliphatic carbocycles. The first kappa shape index (κ1) is 24.9. The highest BCUT2D eigenvalue weighted by molar-refractivity contribution is 5.99. The van der Waals surface area contributed by atoms with E-state index in [-0.39, 0.29) is 0 Å². The Balaban J connectivity index is 1.53. The number of aryl methyl sites for hydroxylation is 5. The van der Waals surface area contributed by atoms with Crippen LogP contribution in [0.5, 0.6) is 11.5 Å². The lowest BCUT2D eigenvalue weighted by Gasteiger charge is -2.37. The van der Waals surface area contributed by atoms with E-state index in [1.165, 1.54) is 22.2 Å². The van der Waals surface area contributed by atoms with E-state index in [9.17, 15) is 0 Å². The molecule has 0 atom stereocenters. The first-order chi connectivity index (χ1) is 17.8. The lowest BCUT2D eigenvalue weighted by molar-refractivity contribution is 0.336. The minimum atomic E-state index is 0.616. The summed E-state index contributed by atoms with van der Waals surface area (Å²) in [5, 5.41) is 11.7. The molecule has 7 nitrogen and oxygen atoms in total. The highest BCUT2D eigenvalue weighted by Gasteiger charge is 2.26. The van der Waals surface area contributed by atoms with Crippen LogP contribution in [0.25, 0.3) is 16.5 Å². The van der Waals surface area contributed by atoms with Gasteiger partial charge in [0, 0.05) is 60.1 Å². The summed E-state index contributed by atoms with van der Waals surface area (Å²) in [6.45, 7) is 17.0. The average molecular weight is 500 g/mol. The summed E-state index contributed by atoms with van der Waals surface area (Å²) in [4.78, 5) is 4.87. The van der Waals surface area contributed by atoms with Gasteiger partial charge in [0.2, 0.25) is 0 Å². The highest BCUT2D eigenvalue weighted by Crippen LogP contribution is 2.39. The SMILES string of the molecule is CCOc1ccc(-n2c(C)c3c(C)nnc(N4CCN(c5ccc(C)cc5C)CC4)c3c2C)c(OC)c1. The Labute approximate surface area is 219 Å². The van der Waals surface area contributed by atoms with Crippen LogP contribution in [0.3, 0.4) is 0 Å². The van der Waals surface area contributed by atoms with Gasteiger partial charge < -0.3 is 23.8 Å². The van der Waals surface area contributed by atoms with E-state index in [4.69, 9.17) is 14.6 Å². The van der Waals surface area contributed by atoms with Crippen LogP contribution in [0, 0.1) is 34.6 Å². The molecule has 0 amide bonds. The molecule has 1 aliphatic heterocycles. The highest BCUT2D eigenvalue weighted by atomic mass is 16.5. The number of piperazine rings is 1. The summed E-state index contributed by atoms with van der Waals surface area (Å²) in [5.41, 5.74) is 8.16. The van der Waals surface area contributed by atoms with Crippen LogP contribution in [0.1, 0.15) is 35.1 Å². The van der Waals surface area contributed by atoms with Crippen molar-refractivity contribution in [2.24, 2.45) is 0 Å². The Morgan fingerprint density at radius 1 is 0.784 bits per heavy atom. The van der Waals surface area contributed by atoms with Crippen molar-refractivity contribution < 1.29 is 9.47 Å². The van der Waals surface area contributed by atoms with Gasteiger partial charge in [-0.05, 0) is 65.3 Å². The monoisotopic (exact) mass is 499 g/mol. The van der Waals surface area contributed by atoms with Crippen molar-refractivity contribution in [1.29, 1.82) is 0 Å². The molecule has 2 aromatic heterocycles. The molecule has 3 heterocycles. The lowest BCUT2D eigenvalue weighted by atomic mass is 10.1. The maximum atomic E-state index is 5.79. The Bertz CT molecular complexity index is 1450. The normalized spacial score (nSPS) is 13.9. The molecule has 2 aromatic carbocycles. The van der Waals surface area contributed by atoms with Crippen LogP contribution in [-0.2, 0) is 0 Å². The van der Waals surface area contributed by atoms with Gasteiger partial charge in [-0.1, -0.05) is 17.7 Å². The van der Waals surface area contributed by atoms with E-state index in [1.807, 2.05) is 26.0 Å². The molecule has 1 aliphatic rings. The lowest BCUT2D eigenvalue weighted by Crippen LogP contribution is -2.47. The molecule has 0 unspecified atom stereocenters. The molecule has 1 fully saturated rings. The van der Waals surface area contributed by atoms with E-state index in [2.05, 4.69) is 71.4 Å². The maximum absolute atomic E-state index is 5.79. The Hall–Kier alpha value is -3.74. The Morgan fingerprint density at radius 2 is 1.46 bits per heavy atom. The third-order valence-corrected chi connectivity index (χ3v) is 7.50. The van der Waals surface area contributed by atoms with Gasteiger partial charge in [-0.25, -0.2) is 0 Å². The third kappa shape index (κ3) is 4.37. The fourth-order valence-corrected chi connectivity index (χ4v) is 5.78. The second-order valence-electron chi connectivity index (χ2n) is 9.90. The first-order valence-electron chi connectivity index (χ1n) is 13.1. The standard InChI is InChI=1S/C30H37N5O2/c1-8-37-24-10-12-26(27(18-24)36-7)35-22(5)28-21(4)31-32-30(29(28)23(35)6)34-15-13-33(14-16-34)25-11-9-19(2)17-20(25)3/h9-12,17-18H,8,13-16H2,1-7H3. The van der Waals surface area contributed by atoms with Crippen molar-refractivity contribution in [2.75, 3.05) is 49.7 Å². The molecule has 4 aromatic rings. The number of fused-ring (bicyclic) bond motifs is 1. The largest absolute Gasteiger partial charge is 0.494 e. The molecule has 37 heavy (non-hydrogen) atoms. The second-order valence-corrected chi connectivity index (χ2v) is 9.90. The zero-order valence-electron chi connectivity index (χ0n) is 23.1. The van der Waals surface area contributed by atoms with Gasteiger partial charge in [-0.2, -0.15) is 5.10 Å². The molecule has 0 bridgehead atoms. The number of ether oxygens (including phenoxy) is 2. The summed E-state index contributed by atoms with van der Waals surface area (Å²) < 4.78 is 13.8. The van der Waals surface area contributed by atoms with Crippen LogP contribution in [-0.4, -0.2) is 54.7 Å². The van der Waals surface area contributed by atoms with E-state index in [0.717, 1.165) is 71.7 Å². The van der Waals surface area contributed by atoms with Gasteiger partial charge in [0.25, 0.3) is 0 Å². The summed E-state index contributed by atoms with van der Waals surface area (Å²) >= 11 is 0. The molecule has 0 radical (unpaired) electrons. The van der Waals surface area contributed by atoms with Gasteiger partial charge in [0.15, 0.2) is 5.82 Å². The molecule has 0 N–H and O–H groups in total. The topological polar surface area (TPSA) is 55.7 Å². The fraction of sp³-hybridized carbons (Fsp3) is 0.400. The zero-order valence-corrected chi connectivity index (χ0v) is 23.1. The quantitative estimate of drug-likeness (QED) is 0.339. The Kier molecular flexibility index (Phi) is 6.71. The van der Waals surface area contributed by atoms with Gasteiger partial charge >= 0.3 is 0 Å². The van der Waals surface area contributed by atoms with E-state index < -0.39 is 0 Å². The van der Waals surface area contributed by atoms with Crippen molar-refractivity contribution in [3.05, 3.63) is 64.6 Å². The molecule has 1 saturated heterocycles. The zero-order chi connectivity index (χ0) is 26.3. The smallest absolute Gasteiger partial charge is 0.161 e. The van der Waals surface area contributed by atoms with Gasteiger partial charge in [-0.3, -0.25) is 0 Å². The van der Waals surface area contributed by atoms with Crippen LogP contribution in [0.4, 0.5) is 11.5 Å². The summed E-state index contributed by atoms with van der Waals surface area (Å²) in [6.07, 6.45) is 0. The van der Waals surface area contributed by atoms with Crippen molar-refractivity contribution in [3.63, 3.8) is 0 Å². The van der Waals surface area contributed by atoms with Gasteiger partial charge in [0.1, 0.15) is 11.5 Å². The minimum absolute atomic E-state index is 0.616. The molecule has 0 saturated carbocycles. The third-order valence-electron chi connectivity index (χ3n) is 7.50. The summed E-state index contributed by atoms with van der Waals surface area (Å²) in [6, 6.07) is 12.7. The number of hydrogen-bond donors (Lipinski definition) is 0. The molecule has 7 heteroatoms. The number of aromatic nitrogens is 3. The van der Waals surface area contributed by atoms with Gasteiger partial charge in [-0.15, -0.1) is 5.10 Å². The predicted octanol–water partition coefficient (Wildman–Crippen LogP) is 5.70. The number of rotatable bonds is 6. The number of methoxy groups -OCH3 is 1. The van der Waals surface area contributed by atoms with E-state index in [0.29, 0.717) is 6.61 Å². The van der Waals surface area contributed by atoms with E-state index in [1.54, 1.807) is 7.11 Å². The summed E-state index contributed by atoms with van der Waals surface area (Å²) in [5.74, 6) is 2.54. The maximum Gasteiger partial charge on any atom is 0.161 e. The first-order valence-corrected chi connectivity index (χ1v) is 13.1. The summed E-state index contributed by atoms with van der Waals surface area (Å²) in [7, 11) is 1.71. The van der Waals surface area contributed by atoms with Crippen LogP contribution >= 0.6 is 0 Å². The number of benzene rings is 2. The predicted molar refractivity (Wildman–Crippen MR) is 151 cm³/mol. The van der Waals surface area contributed by atoms with Crippen molar-refractivity contribution in [3.8, 4) is 17.2 Å². The molecule has 194 valence electrons. The average Bonchev–Trinajstić information content (AvgIpc) is 3.15. The molecular formula is C30H37N5O2. The number of anilines is 2. The van der Waals surface area contributed by atoms with Crippen LogP contribution in [0.15, 0.2) is 36.4 Å². The minimum Gasteiger partial charge on any atom is -0.494 e. The van der Waals surface area contributed by atoms with Crippen molar-refractivity contribution >= 4 is 22.3 Å². The molecule has 5 rings (SSSR count). The van der Waals surface area contributed by atoms with Gasteiger partial charge in [0.05, 0.1) is 25.1 Å². The van der Waals surface area contributed by atoms with Crippen molar-refractivity contribution in [2.45, 2.75) is 41.5 Å². The molecular weight excluding hydrogens is 462 g/mol. The Morgan fingerprint density at radius 3 is 2.14 bits per heavy atom. The van der Waals surface area contributed by atoms with Crippen LogP contribution in [0.2, 0.25) is 0 Å². The fourth-order valence-electron chi connectivity index (χ4n) is 5.78. The number of nitrogens with zero attached hydrogens (tertiary/aromatic N) is 5. The molecule has 0 spiro atoms.